The normalized spacial score (nSPS) is 13.2. The van der Waals surface area contributed by atoms with Crippen molar-refractivity contribution in [2.24, 2.45) is 0 Å². The summed E-state index contributed by atoms with van der Waals surface area (Å²) in [6.45, 7) is 6.84. The summed E-state index contributed by atoms with van der Waals surface area (Å²) in [7, 11) is 1.82. The highest BCUT2D eigenvalue weighted by atomic mass is 16.2. The molecule has 4 nitrogen and oxygen atoms in total. The maximum Gasteiger partial charge on any atom is 0.317 e. The number of amides is 2. The van der Waals surface area contributed by atoms with E-state index in [1.807, 2.05) is 26.1 Å². The highest BCUT2D eigenvalue weighted by molar-refractivity contribution is 5.74. The van der Waals surface area contributed by atoms with Crippen LogP contribution in [0.25, 0.3) is 0 Å². The van der Waals surface area contributed by atoms with Crippen LogP contribution in [0.3, 0.4) is 0 Å². The summed E-state index contributed by atoms with van der Waals surface area (Å²) in [6, 6.07) is 12.2. The lowest BCUT2D eigenvalue weighted by atomic mass is 9.99. The number of aromatic nitrogens is 1. The van der Waals surface area contributed by atoms with Gasteiger partial charge in [-0.25, -0.2) is 4.79 Å². The van der Waals surface area contributed by atoms with Gasteiger partial charge >= 0.3 is 6.03 Å². The Bertz CT molecular complexity index is 642. The molecule has 2 rings (SSSR count). The van der Waals surface area contributed by atoms with Crippen LogP contribution < -0.4 is 5.32 Å². The minimum absolute atomic E-state index is 0.00674. The van der Waals surface area contributed by atoms with Gasteiger partial charge in [-0.05, 0) is 43.0 Å². The summed E-state index contributed by atoms with van der Waals surface area (Å²) in [6.07, 6.45) is 3.49. The van der Waals surface area contributed by atoms with Gasteiger partial charge in [-0.2, -0.15) is 0 Å². The second-order valence-corrected chi connectivity index (χ2v) is 6.07. The van der Waals surface area contributed by atoms with Crippen LogP contribution in [-0.4, -0.2) is 29.5 Å². The molecule has 2 aromatic rings. The van der Waals surface area contributed by atoms with E-state index in [9.17, 15) is 4.79 Å². The maximum atomic E-state index is 12.4. The van der Waals surface area contributed by atoms with Crippen molar-refractivity contribution in [1.82, 2.24) is 15.2 Å². The molecule has 0 unspecified atom stereocenters. The summed E-state index contributed by atoms with van der Waals surface area (Å²) in [5, 5.41) is 3.02. The number of carbonyl (C=O) groups excluding carboxylic acids is 1. The SMILES string of the molecule is Cc1cccc([C@@H](C)CNC(=O)N(C)[C@@H](C)c2ccncc2)c1. The molecule has 1 aromatic heterocycles. The molecule has 0 aliphatic rings. The molecule has 1 heterocycles. The predicted octanol–water partition coefficient (Wildman–Crippen LogP) is 3.90. The Hall–Kier alpha value is -2.36. The summed E-state index contributed by atoms with van der Waals surface area (Å²) >= 11 is 0. The van der Waals surface area contributed by atoms with Crippen LogP contribution in [0.2, 0.25) is 0 Å². The summed E-state index contributed by atoms with van der Waals surface area (Å²) in [5.74, 6) is 0.281. The molecule has 0 saturated carbocycles. The van der Waals surface area contributed by atoms with Crippen molar-refractivity contribution >= 4 is 6.03 Å². The monoisotopic (exact) mass is 311 g/mol. The summed E-state index contributed by atoms with van der Waals surface area (Å²) < 4.78 is 0. The quantitative estimate of drug-likeness (QED) is 0.910. The lowest BCUT2D eigenvalue weighted by molar-refractivity contribution is 0.194. The molecule has 4 heteroatoms. The highest BCUT2D eigenvalue weighted by Gasteiger charge is 2.17. The first-order chi connectivity index (χ1) is 11.0. The van der Waals surface area contributed by atoms with Crippen molar-refractivity contribution < 1.29 is 4.79 Å². The number of nitrogens with one attached hydrogen (secondary N) is 1. The average Bonchev–Trinajstić information content (AvgIpc) is 2.58. The maximum absolute atomic E-state index is 12.4. The molecular formula is C19H25N3O. The molecule has 2 atom stereocenters. The minimum atomic E-state index is -0.0613. The number of hydrogen-bond acceptors (Lipinski definition) is 2. The van der Waals surface area contributed by atoms with Crippen LogP contribution in [0.5, 0.6) is 0 Å². The molecule has 0 bridgehead atoms. The van der Waals surface area contributed by atoms with Gasteiger partial charge in [0, 0.05) is 26.0 Å². The first-order valence-electron chi connectivity index (χ1n) is 7.96. The molecule has 23 heavy (non-hydrogen) atoms. The Balaban J connectivity index is 1.91. The van der Waals surface area contributed by atoms with E-state index in [2.05, 4.69) is 48.4 Å². The molecule has 2 amide bonds. The van der Waals surface area contributed by atoms with Crippen molar-refractivity contribution in [3.05, 3.63) is 65.5 Å². The van der Waals surface area contributed by atoms with Gasteiger partial charge < -0.3 is 10.2 Å². The first-order valence-corrected chi connectivity index (χ1v) is 7.96. The van der Waals surface area contributed by atoms with Crippen molar-refractivity contribution in [3.63, 3.8) is 0 Å². The van der Waals surface area contributed by atoms with E-state index < -0.39 is 0 Å². The number of hydrogen-bond donors (Lipinski definition) is 1. The zero-order chi connectivity index (χ0) is 16.8. The van der Waals surface area contributed by atoms with E-state index in [0.717, 1.165) is 5.56 Å². The molecular weight excluding hydrogens is 286 g/mol. The third kappa shape index (κ3) is 4.55. The molecule has 0 saturated heterocycles. The highest BCUT2D eigenvalue weighted by Crippen LogP contribution is 2.18. The topological polar surface area (TPSA) is 45.2 Å². The van der Waals surface area contributed by atoms with Crippen molar-refractivity contribution in [3.8, 4) is 0 Å². The number of rotatable bonds is 5. The van der Waals surface area contributed by atoms with Gasteiger partial charge in [-0.3, -0.25) is 4.98 Å². The van der Waals surface area contributed by atoms with Crippen molar-refractivity contribution in [2.45, 2.75) is 32.7 Å². The van der Waals surface area contributed by atoms with Crippen LogP contribution in [-0.2, 0) is 0 Å². The number of aryl methyl sites for hydroxylation is 1. The number of urea groups is 1. The largest absolute Gasteiger partial charge is 0.337 e. The number of carbonyl (C=O) groups is 1. The lowest BCUT2D eigenvalue weighted by Crippen LogP contribution is -2.40. The Morgan fingerprint density at radius 3 is 2.52 bits per heavy atom. The Morgan fingerprint density at radius 1 is 1.17 bits per heavy atom. The van der Waals surface area contributed by atoms with Gasteiger partial charge in [0.05, 0.1) is 6.04 Å². The third-order valence-electron chi connectivity index (χ3n) is 4.26. The second-order valence-electron chi connectivity index (χ2n) is 6.07. The molecule has 1 N–H and O–H groups in total. The fourth-order valence-electron chi connectivity index (χ4n) is 2.50. The fraction of sp³-hybridized carbons (Fsp3) is 0.368. The summed E-state index contributed by atoms with van der Waals surface area (Å²) in [4.78, 5) is 18.1. The first kappa shape index (κ1) is 17.0. The van der Waals surface area contributed by atoms with Crippen LogP contribution in [0.15, 0.2) is 48.8 Å². The Labute approximate surface area is 138 Å². The molecule has 1 aromatic carbocycles. The Kier molecular flexibility index (Phi) is 5.74. The van der Waals surface area contributed by atoms with E-state index in [1.54, 1.807) is 17.3 Å². The van der Waals surface area contributed by atoms with E-state index in [1.165, 1.54) is 11.1 Å². The third-order valence-corrected chi connectivity index (χ3v) is 4.26. The van der Waals surface area contributed by atoms with Gasteiger partial charge in [0.15, 0.2) is 0 Å². The van der Waals surface area contributed by atoms with Gasteiger partial charge in [0.1, 0.15) is 0 Å². The van der Waals surface area contributed by atoms with Gasteiger partial charge in [-0.15, -0.1) is 0 Å². The number of nitrogens with zero attached hydrogens (tertiary/aromatic N) is 2. The van der Waals surface area contributed by atoms with E-state index in [0.29, 0.717) is 6.54 Å². The van der Waals surface area contributed by atoms with E-state index >= 15 is 0 Å². The standard InChI is InChI=1S/C19H25N3O/c1-14-6-5-7-18(12-14)15(2)13-21-19(23)22(4)16(3)17-8-10-20-11-9-17/h5-12,15-16H,13H2,1-4H3,(H,21,23)/t15-,16-/m0/s1. The zero-order valence-electron chi connectivity index (χ0n) is 14.3. The fourth-order valence-corrected chi connectivity index (χ4v) is 2.50. The molecule has 0 aliphatic heterocycles. The van der Waals surface area contributed by atoms with Gasteiger partial charge in [0.25, 0.3) is 0 Å². The molecule has 122 valence electrons. The second kappa shape index (κ2) is 7.77. The van der Waals surface area contributed by atoms with Crippen LogP contribution >= 0.6 is 0 Å². The lowest BCUT2D eigenvalue weighted by Gasteiger charge is -2.26. The van der Waals surface area contributed by atoms with E-state index in [4.69, 9.17) is 0 Å². The predicted molar refractivity (Wildman–Crippen MR) is 93.4 cm³/mol. The summed E-state index contributed by atoms with van der Waals surface area (Å²) in [5.41, 5.74) is 3.56. The van der Waals surface area contributed by atoms with Crippen LogP contribution in [0.1, 0.15) is 42.5 Å². The van der Waals surface area contributed by atoms with Gasteiger partial charge in [-0.1, -0.05) is 36.8 Å². The van der Waals surface area contributed by atoms with Gasteiger partial charge in [0.2, 0.25) is 0 Å². The van der Waals surface area contributed by atoms with E-state index in [-0.39, 0.29) is 18.0 Å². The molecule has 0 aliphatic carbocycles. The molecule has 0 spiro atoms. The molecule has 0 radical (unpaired) electrons. The molecule has 0 fully saturated rings. The number of benzene rings is 1. The average molecular weight is 311 g/mol. The number of pyridine rings is 1. The zero-order valence-corrected chi connectivity index (χ0v) is 14.3. The minimum Gasteiger partial charge on any atom is -0.337 e. The van der Waals surface area contributed by atoms with Crippen molar-refractivity contribution in [1.29, 1.82) is 0 Å². The Morgan fingerprint density at radius 2 is 1.87 bits per heavy atom. The van der Waals surface area contributed by atoms with Crippen LogP contribution in [0, 0.1) is 6.92 Å². The van der Waals surface area contributed by atoms with Crippen LogP contribution in [0.4, 0.5) is 4.79 Å². The van der Waals surface area contributed by atoms with Crippen molar-refractivity contribution in [2.75, 3.05) is 13.6 Å². The smallest absolute Gasteiger partial charge is 0.317 e.